The van der Waals surface area contributed by atoms with Gasteiger partial charge in [0.05, 0.1) is 39.9 Å². The minimum Gasteiger partial charge on any atom is -0.303 e. The van der Waals surface area contributed by atoms with Crippen molar-refractivity contribution in [2.24, 2.45) is 0 Å². The molecule has 0 saturated heterocycles. The molecule has 206 valence electrons. The van der Waals surface area contributed by atoms with Gasteiger partial charge in [0.1, 0.15) is 0 Å². The lowest BCUT2D eigenvalue weighted by Crippen LogP contribution is -2.39. The van der Waals surface area contributed by atoms with Crippen molar-refractivity contribution in [1.29, 1.82) is 0 Å². The summed E-state index contributed by atoms with van der Waals surface area (Å²) in [6, 6.07) is 8.28. The molecule has 0 fully saturated rings. The van der Waals surface area contributed by atoms with Crippen LogP contribution in [0.4, 0.5) is 0 Å². The Bertz CT molecular complexity index is 1130. The third-order valence-corrected chi connectivity index (χ3v) is 10.9. The second kappa shape index (κ2) is 13.4. The Kier molecular flexibility index (Phi) is 10.5. The standard InChI is InChI=1S/C30H38Br2N2O2S2/c1-5-9-11-13-19(7-3)33-27(21-15-17-23(31)37-21)25-26(29(33)35)28(22-16-18-24(32)38-22)34(30(25)36)20(8-4)14-12-10-6-2/h15-20H,5-14H2,1-4H3. The van der Waals surface area contributed by atoms with Gasteiger partial charge in [0.2, 0.25) is 0 Å². The lowest BCUT2D eigenvalue weighted by atomic mass is 10.0. The number of fused-ring (bicyclic) bond motifs is 1. The highest BCUT2D eigenvalue weighted by atomic mass is 79.9. The molecule has 2 aromatic rings. The molecule has 0 N–H and O–H groups in total. The highest BCUT2D eigenvalue weighted by Gasteiger charge is 2.52. The number of rotatable bonds is 14. The van der Waals surface area contributed by atoms with E-state index in [1.807, 2.05) is 21.9 Å². The van der Waals surface area contributed by atoms with Crippen LogP contribution in [0.25, 0.3) is 11.4 Å². The number of carbonyl (C=O) groups excluding carboxylic acids is 2. The van der Waals surface area contributed by atoms with Crippen LogP contribution in [0.1, 0.15) is 102 Å². The van der Waals surface area contributed by atoms with Crippen molar-refractivity contribution in [2.45, 2.75) is 104 Å². The average molecular weight is 683 g/mol. The first kappa shape index (κ1) is 29.8. The second-order valence-electron chi connectivity index (χ2n) is 10.1. The number of amides is 2. The Hall–Kier alpha value is -1.22. The van der Waals surface area contributed by atoms with Crippen molar-refractivity contribution in [3.63, 3.8) is 0 Å². The van der Waals surface area contributed by atoms with Crippen LogP contribution in [0.5, 0.6) is 0 Å². The van der Waals surface area contributed by atoms with Crippen molar-refractivity contribution in [3.05, 3.63) is 52.7 Å². The Morgan fingerprint density at radius 3 is 1.34 bits per heavy atom. The minimum atomic E-state index is -0.0124. The molecule has 2 amide bonds. The normalized spacial score (nSPS) is 17.3. The largest absolute Gasteiger partial charge is 0.303 e. The third-order valence-electron chi connectivity index (χ3n) is 7.64. The molecular weight excluding hydrogens is 644 g/mol. The van der Waals surface area contributed by atoms with Gasteiger partial charge in [-0.2, -0.15) is 0 Å². The predicted octanol–water partition coefficient (Wildman–Crippen LogP) is 9.86. The first-order chi connectivity index (χ1) is 18.4. The van der Waals surface area contributed by atoms with E-state index in [4.69, 9.17) is 0 Å². The molecule has 2 atom stereocenters. The molecule has 8 heteroatoms. The third kappa shape index (κ3) is 5.79. The molecule has 0 spiro atoms. The maximum Gasteiger partial charge on any atom is 0.261 e. The van der Waals surface area contributed by atoms with Crippen LogP contribution in [0.3, 0.4) is 0 Å². The minimum absolute atomic E-state index is 0.0124. The molecule has 4 rings (SSSR count). The number of halogens is 2. The monoisotopic (exact) mass is 680 g/mol. The zero-order valence-electron chi connectivity index (χ0n) is 22.8. The smallest absolute Gasteiger partial charge is 0.261 e. The highest BCUT2D eigenvalue weighted by Crippen LogP contribution is 2.51. The molecule has 2 aromatic heterocycles. The van der Waals surface area contributed by atoms with E-state index in [1.54, 1.807) is 22.7 Å². The van der Waals surface area contributed by atoms with Crippen LogP contribution in [0, 0.1) is 0 Å². The highest BCUT2D eigenvalue weighted by molar-refractivity contribution is 9.11. The molecule has 0 radical (unpaired) electrons. The van der Waals surface area contributed by atoms with Crippen LogP contribution in [0.2, 0.25) is 0 Å². The van der Waals surface area contributed by atoms with Gasteiger partial charge in [-0.15, -0.1) is 22.7 Å². The van der Waals surface area contributed by atoms with Gasteiger partial charge >= 0.3 is 0 Å². The molecule has 0 aromatic carbocycles. The Morgan fingerprint density at radius 2 is 1.05 bits per heavy atom. The van der Waals surface area contributed by atoms with Gasteiger partial charge in [-0.3, -0.25) is 9.59 Å². The van der Waals surface area contributed by atoms with Gasteiger partial charge in [-0.05, 0) is 81.8 Å². The van der Waals surface area contributed by atoms with Gasteiger partial charge in [-0.1, -0.05) is 66.2 Å². The maximum absolute atomic E-state index is 14.5. The first-order valence-corrected chi connectivity index (χ1v) is 17.3. The van der Waals surface area contributed by atoms with Crippen molar-refractivity contribution >= 4 is 77.7 Å². The summed E-state index contributed by atoms with van der Waals surface area (Å²) in [7, 11) is 0. The Balaban J connectivity index is 1.91. The fraction of sp³-hybridized carbons (Fsp3) is 0.533. The summed E-state index contributed by atoms with van der Waals surface area (Å²) < 4.78 is 2.00. The van der Waals surface area contributed by atoms with Crippen molar-refractivity contribution in [2.75, 3.05) is 0 Å². The predicted molar refractivity (Wildman–Crippen MR) is 168 cm³/mol. The Labute approximate surface area is 252 Å². The van der Waals surface area contributed by atoms with Crippen LogP contribution in [-0.4, -0.2) is 33.7 Å². The zero-order valence-corrected chi connectivity index (χ0v) is 27.6. The fourth-order valence-electron chi connectivity index (χ4n) is 5.69. The number of carbonyl (C=O) groups is 2. The average Bonchev–Trinajstić information content (AvgIpc) is 3.66. The van der Waals surface area contributed by atoms with E-state index in [0.717, 1.165) is 92.9 Å². The van der Waals surface area contributed by atoms with Gasteiger partial charge in [0, 0.05) is 12.1 Å². The number of nitrogens with zero attached hydrogens (tertiary/aromatic N) is 2. The van der Waals surface area contributed by atoms with E-state index in [9.17, 15) is 9.59 Å². The van der Waals surface area contributed by atoms with Gasteiger partial charge in [0.25, 0.3) is 11.8 Å². The van der Waals surface area contributed by atoms with Gasteiger partial charge in [0.15, 0.2) is 0 Å². The summed E-state index contributed by atoms with van der Waals surface area (Å²) in [5.41, 5.74) is 2.83. The lowest BCUT2D eigenvalue weighted by Gasteiger charge is -2.33. The SMILES string of the molecule is CCCCCC(CC)N1C(=O)C2=C(c3ccc(Br)s3)N(C(CC)CCCCC)C(=O)C2=C1c1ccc(Br)s1. The second-order valence-corrected chi connectivity index (χ2v) is 15.0. The van der Waals surface area contributed by atoms with E-state index >= 15 is 0 Å². The molecule has 4 nitrogen and oxygen atoms in total. The molecule has 2 unspecified atom stereocenters. The van der Waals surface area contributed by atoms with Crippen molar-refractivity contribution in [3.8, 4) is 0 Å². The zero-order chi connectivity index (χ0) is 27.4. The topological polar surface area (TPSA) is 40.6 Å². The molecule has 38 heavy (non-hydrogen) atoms. The van der Waals surface area contributed by atoms with Crippen molar-refractivity contribution < 1.29 is 9.59 Å². The number of thiophene rings is 2. The van der Waals surface area contributed by atoms with E-state index in [2.05, 4.69) is 71.7 Å². The Morgan fingerprint density at radius 1 is 0.658 bits per heavy atom. The summed E-state index contributed by atoms with van der Waals surface area (Å²) in [4.78, 5) is 34.9. The summed E-state index contributed by atoms with van der Waals surface area (Å²) in [6.07, 6.45) is 10.3. The summed E-state index contributed by atoms with van der Waals surface area (Å²) in [6.45, 7) is 8.73. The van der Waals surface area contributed by atoms with Gasteiger partial charge in [-0.25, -0.2) is 0 Å². The molecule has 0 bridgehead atoms. The van der Waals surface area contributed by atoms with E-state index in [-0.39, 0.29) is 23.9 Å². The van der Waals surface area contributed by atoms with Gasteiger partial charge < -0.3 is 9.80 Å². The maximum atomic E-state index is 14.5. The lowest BCUT2D eigenvalue weighted by molar-refractivity contribution is -0.125. The summed E-state index contributed by atoms with van der Waals surface area (Å²) in [5.74, 6) is -0.0247. The summed E-state index contributed by atoms with van der Waals surface area (Å²) >= 11 is 10.4. The molecule has 2 aliphatic rings. The first-order valence-electron chi connectivity index (χ1n) is 14.0. The van der Waals surface area contributed by atoms with Crippen LogP contribution in [0.15, 0.2) is 43.0 Å². The number of hydrogen-bond donors (Lipinski definition) is 0. The van der Waals surface area contributed by atoms with Crippen LogP contribution >= 0.6 is 54.5 Å². The quantitative estimate of drug-likeness (QED) is 0.186. The molecule has 4 heterocycles. The molecular formula is C30H38Br2N2O2S2. The number of hydrogen-bond acceptors (Lipinski definition) is 4. The molecule has 2 aliphatic heterocycles. The number of unbranched alkanes of at least 4 members (excludes halogenated alkanes) is 4. The molecule has 0 saturated carbocycles. The van der Waals surface area contributed by atoms with E-state index in [0.29, 0.717) is 11.1 Å². The molecule has 0 aliphatic carbocycles. The van der Waals surface area contributed by atoms with E-state index in [1.165, 1.54) is 0 Å². The van der Waals surface area contributed by atoms with E-state index < -0.39 is 0 Å². The van der Waals surface area contributed by atoms with Crippen LogP contribution < -0.4 is 0 Å². The van der Waals surface area contributed by atoms with Crippen LogP contribution in [-0.2, 0) is 9.59 Å². The summed E-state index contributed by atoms with van der Waals surface area (Å²) in [5, 5.41) is 0. The van der Waals surface area contributed by atoms with Crippen molar-refractivity contribution in [1.82, 2.24) is 9.80 Å². The fourth-order valence-corrected chi connectivity index (χ4v) is 8.56.